The quantitative estimate of drug-likeness (QED) is 0.0990. The van der Waals surface area contributed by atoms with Crippen molar-refractivity contribution in [3.63, 3.8) is 0 Å². The normalized spacial score (nSPS) is 11.9. The number of carbonyl (C=O) groups is 1. The number of carboxylic acids is 1. The lowest BCUT2D eigenvalue weighted by molar-refractivity contribution is -0.132. The summed E-state index contributed by atoms with van der Waals surface area (Å²) in [4.78, 5) is 29.2. The summed E-state index contributed by atoms with van der Waals surface area (Å²) in [6, 6.07) is 40.2. The van der Waals surface area contributed by atoms with Gasteiger partial charge in [-0.1, -0.05) is 103 Å². The second-order valence-electron chi connectivity index (χ2n) is 11.8. The zero-order valence-electron chi connectivity index (χ0n) is 27.1. The van der Waals surface area contributed by atoms with Crippen LogP contribution in [0.2, 0.25) is 0 Å². The maximum Gasteiger partial charge on any atom is 0.347 e. The third-order valence-corrected chi connectivity index (χ3v) is 8.71. The average Bonchev–Trinajstić information content (AvgIpc) is 4.00. The molecule has 51 heavy (non-hydrogen) atoms. The number of hydrogen-bond acceptors (Lipinski definition) is 4. The van der Waals surface area contributed by atoms with Gasteiger partial charge < -0.3 is 15.1 Å². The minimum Gasteiger partial charge on any atom is -0.477 e. The molecule has 3 aromatic carbocycles. The smallest absolute Gasteiger partial charge is 0.347 e. The Morgan fingerprint density at radius 1 is 0.569 bits per heavy atom. The van der Waals surface area contributed by atoms with Crippen molar-refractivity contribution in [1.29, 1.82) is 5.26 Å². The molecule has 0 spiro atoms. The van der Waals surface area contributed by atoms with Gasteiger partial charge in [-0.2, -0.15) is 5.26 Å². The van der Waals surface area contributed by atoms with Crippen molar-refractivity contribution >= 4 is 52.3 Å². The lowest BCUT2D eigenvalue weighted by Crippen LogP contribution is -1.96. The fraction of sp³-hybridized carbons (Fsp3) is 0. The summed E-state index contributed by atoms with van der Waals surface area (Å²) in [5.41, 5.74) is 12.1. The SMILES string of the molecule is N#C/C(=C/C#Cc1c2nc(c(-c3ccccc3)c3ccc([nH]3)c(-c3ccccc3)c3nc(c(-c4ccccc4)c4ccc1[nH]4)C=C3)C=C2)C(=O)O. The first kappa shape index (κ1) is 30.8. The number of benzene rings is 3. The van der Waals surface area contributed by atoms with Crippen LogP contribution >= 0.6 is 0 Å². The Hall–Kier alpha value is -7.48. The van der Waals surface area contributed by atoms with Crippen LogP contribution in [0.25, 0.3) is 79.8 Å². The second-order valence-corrected chi connectivity index (χ2v) is 11.8. The first-order valence-corrected chi connectivity index (χ1v) is 16.2. The number of aromatic nitrogens is 4. The number of rotatable bonds is 4. The van der Waals surface area contributed by atoms with Crippen LogP contribution in [0, 0.1) is 23.2 Å². The topological polar surface area (TPSA) is 118 Å². The molecule has 0 atom stereocenters. The zero-order valence-corrected chi connectivity index (χ0v) is 27.1. The number of nitrogens with zero attached hydrogens (tertiary/aromatic N) is 3. The van der Waals surface area contributed by atoms with Crippen molar-refractivity contribution < 1.29 is 9.90 Å². The van der Waals surface area contributed by atoms with Gasteiger partial charge in [-0.05, 0) is 65.3 Å². The number of nitriles is 1. The van der Waals surface area contributed by atoms with Crippen LogP contribution in [-0.4, -0.2) is 31.0 Å². The molecule has 2 aliphatic rings. The van der Waals surface area contributed by atoms with Gasteiger partial charge in [0.2, 0.25) is 0 Å². The lowest BCUT2D eigenvalue weighted by atomic mass is 10.0. The average molecular weight is 658 g/mol. The number of aliphatic carboxylic acids is 1. The van der Waals surface area contributed by atoms with Gasteiger partial charge in [0.05, 0.1) is 33.9 Å². The van der Waals surface area contributed by atoms with E-state index in [0.717, 1.165) is 73.1 Å². The van der Waals surface area contributed by atoms with Gasteiger partial charge in [0, 0.05) is 39.3 Å². The van der Waals surface area contributed by atoms with Crippen molar-refractivity contribution in [1.82, 2.24) is 19.9 Å². The van der Waals surface area contributed by atoms with E-state index < -0.39 is 11.5 Å². The highest BCUT2D eigenvalue weighted by atomic mass is 16.4. The fourth-order valence-corrected chi connectivity index (χ4v) is 6.38. The Kier molecular flexibility index (Phi) is 7.98. The van der Waals surface area contributed by atoms with E-state index >= 15 is 0 Å². The number of H-pyrrole nitrogens is 2. The highest BCUT2D eigenvalue weighted by Crippen LogP contribution is 2.36. The van der Waals surface area contributed by atoms with Gasteiger partial charge in [-0.25, -0.2) is 14.8 Å². The second kappa shape index (κ2) is 13.2. The number of hydrogen-bond donors (Lipinski definition) is 3. The van der Waals surface area contributed by atoms with E-state index in [1.54, 1.807) is 6.07 Å². The summed E-state index contributed by atoms with van der Waals surface area (Å²) in [7, 11) is 0. The Labute approximate surface area is 293 Å². The van der Waals surface area contributed by atoms with Crippen LogP contribution < -0.4 is 0 Å². The molecule has 7 heteroatoms. The highest BCUT2D eigenvalue weighted by molar-refractivity contribution is 5.98. The summed E-state index contributed by atoms with van der Waals surface area (Å²) >= 11 is 0. The summed E-state index contributed by atoms with van der Waals surface area (Å²) in [6.45, 7) is 0. The molecule has 0 aliphatic carbocycles. The zero-order chi connectivity index (χ0) is 34.7. The van der Waals surface area contributed by atoms with Crippen LogP contribution in [-0.2, 0) is 4.79 Å². The molecule has 240 valence electrons. The van der Waals surface area contributed by atoms with Gasteiger partial charge in [0.1, 0.15) is 11.6 Å². The molecule has 0 fully saturated rings. The maximum absolute atomic E-state index is 11.5. The molecule has 8 rings (SSSR count). The maximum atomic E-state index is 11.5. The van der Waals surface area contributed by atoms with E-state index in [2.05, 4.69) is 76.4 Å². The predicted molar refractivity (Wildman–Crippen MR) is 203 cm³/mol. The van der Waals surface area contributed by atoms with E-state index in [4.69, 9.17) is 9.97 Å². The molecule has 3 N–H and O–H groups in total. The summed E-state index contributed by atoms with van der Waals surface area (Å²) in [5.74, 6) is 4.56. The number of carboxylic acid groups (broad SMARTS) is 1. The fourth-order valence-electron chi connectivity index (χ4n) is 6.38. The first-order chi connectivity index (χ1) is 25.1. The van der Waals surface area contributed by atoms with Gasteiger partial charge in [0.15, 0.2) is 0 Å². The third-order valence-electron chi connectivity index (χ3n) is 8.71. The predicted octanol–water partition coefficient (Wildman–Crippen LogP) is 9.54. The van der Waals surface area contributed by atoms with Gasteiger partial charge in [0.25, 0.3) is 0 Å². The molecule has 0 saturated heterocycles. The van der Waals surface area contributed by atoms with Crippen molar-refractivity contribution in [3.8, 4) is 51.3 Å². The monoisotopic (exact) mass is 657 g/mol. The third kappa shape index (κ3) is 5.93. The largest absolute Gasteiger partial charge is 0.477 e. The molecule has 6 aromatic rings. The minimum atomic E-state index is -1.34. The summed E-state index contributed by atoms with van der Waals surface area (Å²) in [6.07, 6.45) is 9.08. The number of aromatic amines is 2. The molecule has 8 bridgehead atoms. The van der Waals surface area contributed by atoms with Crippen LogP contribution in [0.5, 0.6) is 0 Å². The van der Waals surface area contributed by atoms with Gasteiger partial charge in [-0.3, -0.25) is 0 Å². The lowest BCUT2D eigenvalue weighted by Gasteiger charge is -2.06. The number of nitrogens with one attached hydrogen (secondary N) is 2. The molecule has 0 amide bonds. The molecule has 5 heterocycles. The Bertz CT molecular complexity index is 2680. The van der Waals surface area contributed by atoms with E-state index in [1.165, 1.54) is 0 Å². The standard InChI is InChI=1S/C44H27N5O2/c45-27-31(44(50)51)17-10-18-32-33-19-21-35(46-33)41(28-11-4-1-5-12-28)37-23-25-39(48-37)43(30-15-8-3-9-16-30)40-26-24-38(49-40)42(29-13-6-2-7-14-29)36-22-20-34(32)47-36/h1-9,11-17,19-26,46,49H,(H,50,51)/b31-17-,33-32?,34-32?,41-35?,41-37?,42-36?,42-38?,43-39?,43-40?. The summed E-state index contributed by atoms with van der Waals surface area (Å²) in [5, 5.41) is 18.7. The Morgan fingerprint density at radius 2 is 0.961 bits per heavy atom. The van der Waals surface area contributed by atoms with Gasteiger partial charge in [-0.15, -0.1) is 0 Å². The minimum absolute atomic E-state index is 0.452. The van der Waals surface area contributed by atoms with Crippen molar-refractivity contribution in [2.45, 2.75) is 0 Å². The molecular formula is C44H27N5O2. The van der Waals surface area contributed by atoms with Crippen LogP contribution in [0.15, 0.2) is 127 Å². The Morgan fingerprint density at radius 3 is 1.39 bits per heavy atom. The van der Waals surface area contributed by atoms with Crippen LogP contribution in [0.3, 0.4) is 0 Å². The Balaban J connectivity index is 1.55. The van der Waals surface area contributed by atoms with Gasteiger partial charge >= 0.3 is 5.97 Å². The van der Waals surface area contributed by atoms with E-state index in [-0.39, 0.29) is 0 Å². The van der Waals surface area contributed by atoms with Crippen molar-refractivity contribution in [2.24, 2.45) is 0 Å². The molecule has 0 unspecified atom stereocenters. The number of allylic oxidation sites excluding steroid dienone is 1. The molecule has 0 saturated carbocycles. The first-order valence-electron chi connectivity index (χ1n) is 16.2. The molecule has 7 nitrogen and oxygen atoms in total. The van der Waals surface area contributed by atoms with Crippen LogP contribution in [0.4, 0.5) is 0 Å². The van der Waals surface area contributed by atoms with E-state index in [0.29, 0.717) is 16.8 Å². The van der Waals surface area contributed by atoms with Crippen molar-refractivity contribution in [2.75, 3.05) is 0 Å². The molecule has 0 radical (unpaired) electrons. The van der Waals surface area contributed by atoms with Crippen molar-refractivity contribution in [3.05, 3.63) is 155 Å². The van der Waals surface area contributed by atoms with Crippen LogP contribution in [0.1, 0.15) is 28.3 Å². The van der Waals surface area contributed by atoms with E-state index in [1.807, 2.05) is 85.0 Å². The molecule has 3 aromatic heterocycles. The highest BCUT2D eigenvalue weighted by Gasteiger charge is 2.18. The molecular weight excluding hydrogens is 631 g/mol. The molecule has 2 aliphatic heterocycles. The number of fused-ring (bicyclic) bond motifs is 8. The van der Waals surface area contributed by atoms with E-state index in [9.17, 15) is 15.2 Å². The summed E-state index contributed by atoms with van der Waals surface area (Å²) < 4.78 is 0.